The van der Waals surface area contributed by atoms with E-state index in [1.54, 1.807) is 7.05 Å². The molecule has 2 aliphatic heterocycles. The number of likely N-dealkylation sites (N-methyl/N-ethyl adjacent to an activating group) is 1. The zero-order chi connectivity index (χ0) is 21.3. The minimum absolute atomic E-state index is 0.0113. The van der Waals surface area contributed by atoms with E-state index < -0.39 is 11.9 Å². The van der Waals surface area contributed by atoms with Gasteiger partial charge in [-0.25, -0.2) is 5.01 Å². The smallest absolute Gasteiger partial charge is 0.275 e. The topological polar surface area (TPSA) is 94.2 Å². The molecule has 4 rings (SSSR count). The molecular weight excluding hydrogens is 382 g/mol. The number of piperazine rings is 1. The van der Waals surface area contributed by atoms with Crippen molar-refractivity contribution in [3.8, 4) is 11.8 Å². The maximum absolute atomic E-state index is 12.7. The molecule has 1 aromatic heterocycles. The summed E-state index contributed by atoms with van der Waals surface area (Å²) < 4.78 is 1.82. The van der Waals surface area contributed by atoms with Gasteiger partial charge >= 0.3 is 0 Å². The van der Waals surface area contributed by atoms with Gasteiger partial charge in [-0.2, -0.15) is 10.2 Å². The molecule has 1 fully saturated rings. The molecular formula is C22H23N5O3. The zero-order valence-corrected chi connectivity index (χ0v) is 16.8. The van der Waals surface area contributed by atoms with Crippen molar-refractivity contribution >= 4 is 12.1 Å². The summed E-state index contributed by atoms with van der Waals surface area (Å²) in [7, 11) is 1.67. The highest BCUT2D eigenvalue weighted by Gasteiger charge is 2.44. The summed E-state index contributed by atoms with van der Waals surface area (Å²) in [6, 6.07) is 11.0. The lowest BCUT2D eigenvalue weighted by Gasteiger charge is -2.44. The Bertz CT molecular complexity index is 1060. The molecule has 8 nitrogen and oxygen atoms in total. The molecule has 0 saturated carbocycles. The quantitative estimate of drug-likeness (QED) is 0.755. The van der Waals surface area contributed by atoms with E-state index in [0.29, 0.717) is 12.2 Å². The molecule has 1 amide bonds. The second kappa shape index (κ2) is 8.05. The summed E-state index contributed by atoms with van der Waals surface area (Å²) >= 11 is 0. The molecule has 154 valence electrons. The number of amides is 1. The van der Waals surface area contributed by atoms with Crippen molar-refractivity contribution in [3.63, 3.8) is 0 Å². The molecule has 0 spiro atoms. The fourth-order valence-electron chi connectivity index (χ4n) is 3.77. The third-order valence-electron chi connectivity index (χ3n) is 5.20. The molecule has 2 aromatic rings. The van der Waals surface area contributed by atoms with Crippen LogP contribution in [0.2, 0.25) is 0 Å². The summed E-state index contributed by atoms with van der Waals surface area (Å²) in [5.41, 5.74) is 1.63. The van der Waals surface area contributed by atoms with Crippen LogP contribution in [0.15, 0.2) is 59.2 Å². The van der Waals surface area contributed by atoms with Crippen molar-refractivity contribution in [2.45, 2.75) is 31.5 Å². The first kappa shape index (κ1) is 19.7. The van der Waals surface area contributed by atoms with E-state index in [4.69, 9.17) is 0 Å². The van der Waals surface area contributed by atoms with E-state index in [1.807, 2.05) is 54.2 Å². The molecule has 8 heteroatoms. The number of rotatable bonds is 3. The first-order valence-corrected chi connectivity index (χ1v) is 9.80. The van der Waals surface area contributed by atoms with Crippen LogP contribution in [0.4, 0.5) is 0 Å². The minimum Gasteiger partial charge on any atom is -0.507 e. The fraction of sp³-hybridized carbons (Fsp3) is 0.318. The van der Waals surface area contributed by atoms with Gasteiger partial charge in [-0.3, -0.25) is 9.48 Å². The molecule has 0 bridgehead atoms. The van der Waals surface area contributed by atoms with Crippen LogP contribution in [0.5, 0.6) is 0 Å². The molecule has 0 aliphatic carbocycles. The lowest BCUT2D eigenvalue weighted by Crippen LogP contribution is -2.56. The van der Waals surface area contributed by atoms with Gasteiger partial charge in [0.2, 0.25) is 0 Å². The fourth-order valence-corrected chi connectivity index (χ4v) is 3.77. The molecule has 1 saturated heterocycles. The van der Waals surface area contributed by atoms with Crippen molar-refractivity contribution in [2.75, 3.05) is 13.6 Å². The van der Waals surface area contributed by atoms with Crippen LogP contribution >= 0.6 is 0 Å². The summed E-state index contributed by atoms with van der Waals surface area (Å²) in [5.74, 6) is 5.28. The number of carbonyl (C=O) groups excluding carboxylic acids is 1. The van der Waals surface area contributed by atoms with E-state index in [-0.39, 0.29) is 23.7 Å². The standard InChI is InChI=1S/C22H23N5O3/c1-3-4-10-16-11-12-26(24-16)19(15-8-6-5-7-9-15)17-14-25(2)22(30)20-21(29)18(28)13-23-27(17)20/h5-9,11-13,17-19,28-29H,3,14H2,1-2H3/t17-,18?,19+/m0/s1. The summed E-state index contributed by atoms with van der Waals surface area (Å²) in [5, 5.41) is 30.8. The summed E-state index contributed by atoms with van der Waals surface area (Å²) in [4.78, 5) is 14.2. The van der Waals surface area contributed by atoms with Gasteiger partial charge in [-0.1, -0.05) is 43.2 Å². The van der Waals surface area contributed by atoms with E-state index in [9.17, 15) is 15.0 Å². The van der Waals surface area contributed by atoms with Crippen molar-refractivity contribution < 1.29 is 15.0 Å². The number of nitrogens with zero attached hydrogens (tertiary/aromatic N) is 5. The highest BCUT2D eigenvalue weighted by atomic mass is 16.3. The molecule has 2 aliphatic rings. The number of benzene rings is 1. The average molecular weight is 405 g/mol. The van der Waals surface area contributed by atoms with Crippen LogP contribution in [0.3, 0.4) is 0 Å². The molecule has 30 heavy (non-hydrogen) atoms. The Morgan fingerprint density at radius 3 is 2.77 bits per heavy atom. The van der Waals surface area contributed by atoms with Crippen LogP contribution in [0.25, 0.3) is 0 Å². The predicted octanol–water partition coefficient (Wildman–Crippen LogP) is 1.51. The van der Waals surface area contributed by atoms with Gasteiger partial charge in [0.25, 0.3) is 5.91 Å². The van der Waals surface area contributed by atoms with Crippen LogP contribution in [0.1, 0.15) is 30.6 Å². The monoisotopic (exact) mass is 405 g/mol. The number of fused-ring (bicyclic) bond motifs is 1. The van der Waals surface area contributed by atoms with Crippen LogP contribution in [-0.2, 0) is 4.79 Å². The zero-order valence-electron chi connectivity index (χ0n) is 16.8. The van der Waals surface area contributed by atoms with Gasteiger partial charge < -0.3 is 15.1 Å². The van der Waals surface area contributed by atoms with E-state index in [1.165, 1.54) is 16.1 Å². The van der Waals surface area contributed by atoms with Crippen molar-refractivity contribution in [2.24, 2.45) is 5.10 Å². The summed E-state index contributed by atoms with van der Waals surface area (Å²) in [6.45, 7) is 2.34. The van der Waals surface area contributed by atoms with E-state index in [2.05, 4.69) is 22.0 Å². The van der Waals surface area contributed by atoms with Gasteiger partial charge in [0, 0.05) is 26.2 Å². The molecule has 2 N–H and O–H groups in total. The molecule has 1 aromatic carbocycles. The van der Waals surface area contributed by atoms with E-state index in [0.717, 1.165) is 12.0 Å². The minimum atomic E-state index is -1.30. The summed E-state index contributed by atoms with van der Waals surface area (Å²) in [6.07, 6.45) is 2.53. The SMILES string of the molecule is CCC#Cc1ccn([C@H](c2ccccc2)[C@@H]2CN(C)C(=O)C3=C(O)C(O)C=NN32)n1. The van der Waals surface area contributed by atoms with Crippen LogP contribution < -0.4 is 0 Å². The highest BCUT2D eigenvalue weighted by Crippen LogP contribution is 2.34. The van der Waals surface area contributed by atoms with Crippen molar-refractivity contribution in [3.05, 3.63) is 65.3 Å². The average Bonchev–Trinajstić information content (AvgIpc) is 3.21. The first-order chi connectivity index (χ1) is 14.5. The predicted molar refractivity (Wildman–Crippen MR) is 111 cm³/mol. The Balaban J connectivity index is 1.82. The lowest BCUT2D eigenvalue weighted by molar-refractivity contribution is -0.133. The number of hydrogen-bond acceptors (Lipinski definition) is 6. The maximum atomic E-state index is 12.7. The number of carbonyl (C=O) groups is 1. The van der Waals surface area contributed by atoms with Gasteiger partial charge in [-0.15, -0.1) is 0 Å². The number of aliphatic hydroxyl groups is 2. The van der Waals surface area contributed by atoms with Gasteiger partial charge in [-0.05, 0) is 17.6 Å². The van der Waals surface area contributed by atoms with Gasteiger partial charge in [0.1, 0.15) is 17.8 Å². The van der Waals surface area contributed by atoms with Crippen molar-refractivity contribution in [1.82, 2.24) is 19.7 Å². The third-order valence-corrected chi connectivity index (χ3v) is 5.20. The lowest BCUT2D eigenvalue weighted by atomic mass is 9.95. The Morgan fingerprint density at radius 2 is 2.03 bits per heavy atom. The van der Waals surface area contributed by atoms with Crippen molar-refractivity contribution in [1.29, 1.82) is 0 Å². The number of aliphatic hydroxyl groups excluding tert-OH is 2. The molecule has 1 unspecified atom stereocenters. The first-order valence-electron chi connectivity index (χ1n) is 9.80. The normalized spacial score (nSPS) is 21.9. The van der Waals surface area contributed by atoms with Crippen LogP contribution in [0, 0.1) is 11.8 Å². The molecule has 3 heterocycles. The largest absolute Gasteiger partial charge is 0.507 e. The van der Waals surface area contributed by atoms with Crippen LogP contribution in [-0.4, -0.2) is 67.8 Å². The van der Waals surface area contributed by atoms with Gasteiger partial charge in [0.05, 0.1) is 12.3 Å². The van der Waals surface area contributed by atoms with Gasteiger partial charge in [0.15, 0.2) is 11.5 Å². The second-order valence-corrected chi connectivity index (χ2v) is 7.23. The Morgan fingerprint density at radius 1 is 1.27 bits per heavy atom. The Kier molecular flexibility index (Phi) is 5.29. The maximum Gasteiger partial charge on any atom is 0.275 e. The Hall–Kier alpha value is -3.57. The Labute approximate surface area is 174 Å². The molecule has 3 atom stereocenters. The third kappa shape index (κ3) is 3.44. The number of hydrazone groups is 1. The second-order valence-electron chi connectivity index (χ2n) is 7.23. The number of hydrogen-bond donors (Lipinski definition) is 2. The highest BCUT2D eigenvalue weighted by molar-refractivity contribution is 5.95. The number of aromatic nitrogens is 2. The van der Waals surface area contributed by atoms with E-state index >= 15 is 0 Å². The molecule has 0 radical (unpaired) electrons.